The second-order valence-electron chi connectivity index (χ2n) is 2.96. The van der Waals surface area contributed by atoms with Crippen LogP contribution < -0.4 is 4.74 Å². The van der Waals surface area contributed by atoms with E-state index in [4.69, 9.17) is 9.15 Å². The first-order chi connectivity index (χ1) is 6.88. The van der Waals surface area contributed by atoms with Crippen molar-refractivity contribution < 1.29 is 9.15 Å². The van der Waals surface area contributed by atoms with Gasteiger partial charge < -0.3 is 9.15 Å². The summed E-state index contributed by atoms with van der Waals surface area (Å²) in [7, 11) is 1.66. The molecule has 0 aliphatic rings. The van der Waals surface area contributed by atoms with Crippen molar-refractivity contribution in [1.82, 2.24) is 4.98 Å². The standard InChI is InChI=1S/C11H10NO2/c1-13-11-4-2-3-9(6-11)5-10-7-14-8-12-10/h2-4,6-7H,5H2,1H3. The second kappa shape index (κ2) is 3.96. The minimum Gasteiger partial charge on any atom is -0.497 e. The minimum atomic E-state index is 0.740. The number of rotatable bonds is 3. The third-order valence-corrected chi connectivity index (χ3v) is 1.96. The van der Waals surface area contributed by atoms with Gasteiger partial charge in [-0.2, -0.15) is 0 Å². The van der Waals surface area contributed by atoms with Gasteiger partial charge in [0, 0.05) is 6.42 Å². The molecule has 0 aliphatic carbocycles. The predicted molar refractivity (Wildman–Crippen MR) is 51.1 cm³/mol. The number of methoxy groups -OCH3 is 1. The van der Waals surface area contributed by atoms with E-state index in [-0.39, 0.29) is 0 Å². The highest BCUT2D eigenvalue weighted by Gasteiger charge is 2.00. The summed E-state index contributed by atoms with van der Waals surface area (Å²) in [6.45, 7) is 0. The number of aromatic nitrogens is 1. The minimum absolute atomic E-state index is 0.740. The Morgan fingerprint density at radius 3 is 3.14 bits per heavy atom. The Morgan fingerprint density at radius 1 is 1.50 bits per heavy atom. The van der Waals surface area contributed by atoms with Crippen LogP contribution in [0.25, 0.3) is 0 Å². The molecule has 0 amide bonds. The Bertz CT molecular complexity index is 395. The molecule has 0 saturated carbocycles. The fourth-order valence-corrected chi connectivity index (χ4v) is 1.28. The normalized spacial score (nSPS) is 10.1. The highest BCUT2D eigenvalue weighted by Crippen LogP contribution is 2.14. The number of hydrogen-bond donors (Lipinski definition) is 0. The second-order valence-corrected chi connectivity index (χ2v) is 2.96. The van der Waals surface area contributed by atoms with Crippen molar-refractivity contribution in [2.24, 2.45) is 0 Å². The Morgan fingerprint density at radius 2 is 2.43 bits per heavy atom. The fraction of sp³-hybridized carbons (Fsp3) is 0.182. The molecule has 1 radical (unpaired) electrons. The molecule has 1 aromatic carbocycles. The molecule has 0 N–H and O–H groups in total. The molecule has 1 aromatic heterocycles. The lowest BCUT2D eigenvalue weighted by Gasteiger charge is -2.01. The van der Waals surface area contributed by atoms with E-state index >= 15 is 0 Å². The van der Waals surface area contributed by atoms with Crippen LogP contribution in [-0.4, -0.2) is 12.1 Å². The van der Waals surface area contributed by atoms with Gasteiger partial charge >= 0.3 is 0 Å². The van der Waals surface area contributed by atoms with E-state index in [0.717, 1.165) is 23.4 Å². The third-order valence-electron chi connectivity index (χ3n) is 1.96. The fourth-order valence-electron chi connectivity index (χ4n) is 1.28. The van der Waals surface area contributed by atoms with Crippen LogP contribution in [-0.2, 0) is 6.42 Å². The van der Waals surface area contributed by atoms with Crippen LogP contribution in [0.15, 0.2) is 34.9 Å². The summed E-state index contributed by atoms with van der Waals surface area (Å²) in [5.74, 6) is 0.856. The molecule has 0 unspecified atom stereocenters. The maximum atomic E-state index is 5.12. The molecule has 0 spiro atoms. The Labute approximate surface area is 82.3 Å². The van der Waals surface area contributed by atoms with Crippen molar-refractivity contribution in [2.75, 3.05) is 7.11 Å². The lowest BCUT2D eigenvalue weighted by atomic mass is 10.1. The lowest BCUT2D eigenvalue weighted by molar-refractivity contribution is 0.414. The summed E-state index contributed by atoms with van der Waals surface area (Å²) < 4.78 is 9.90. The monoisotopic (exact) mass is 188 g/mol. The maximum Gasteiger partial charge on any atom is 0.283 e. The molecule has 2 rings (SSSR count). The number of ether oxygens (including phenoxy) is 1. The van der Waals surface area contributed by atoms with E-state index < -0.39 is 0 Å². The van der Waals surface area contributed by atoms with E-state index in [9.17, 15) is 0 Å². The molecule has 0 aliphatic heterocycles. The zero-order valence-electron chi connectivity index (χ0n) is 7.86. The molecule has 71 valence electrons. The first-order valence-corrected chi connectivity index (χ1v) is 4.32. The molecule has 1 heterocycles. The molecule has 2 aromatic rings. The van der Waals surface area contributed by atoms with Gasteiger partial charge in [0.25, 0.3) is 6.39 Å². The molecule has 0 atom stereocenters. The molecule has 0 bridgehead atoms. The molecule has 14 heavy (non-hydrogen) atoms. The molecule has 0 saturated heterocycles. The number of benzene rings is 1. The zero-order valence-corrected chi connectivity index (χ0v) is 7.86. The van der Waals surface area contributed by atoms with Gasteiger partial charge in [-0.3, -0.25) is 0 Å². The van der Waals surface area contributed by atoms with Gasteiger partial charge in [0.2, 0.25) is 0 Å². The SMILES string of the molecule is COc1cccc(Cc2co[c]n2)c1. The highest BCUT2D eigenvalue weighted by atomic mass is 16.5. The summed E-state index contributed by atoms with van der Waals surface area (Å²) in [6, 6.07) is 7.88. The van der Waals surface area contributed by atoms with Gasteiger partial charge in [0.15, 0.2) is 0 Å². The van der Waals surface area contributed by atoms with E-state index in [2.05, 4.69) is 11.4 Å². The number of hydrogen-bond acceptors (Lipinski definition) is 3. The van der Waals surface area contributed by atoms with Crippen LogP contribution in [0.5, 0.6) is 5.75 Å². The van der Waals surface area contributed by atoms with Gasteiger partial charge in [0.1, 0.15) is 12.0 Å². The van der Waals surface area contributed by atoms with Crippen molar-refractivity contribution in [3.63, 3.8) is 0 Å². The van der Waals surface area contributed by atoms with Crippen LogP contribution in [0.4, 0.5) is 0 Å². The van der Waals surface area contributed by atoms with Crippen LogP contribution in [0.2, 0.25) is 0 Å². The quantitative estimate of drug-likeness (QED) is 0.739. The summed E-state index contributed by atoms with van der Waals surface area (Å²) in [5.41, 5.74) is 2.02. The molecular weight excluding hydrogens is 178 g/mol. The van der Waals surface area contributed by atoms with Crippen molar-refractivity contribution >= 4 is 0 Å². The summed E-state index contributed by atoms with van der Waals surface area (Å²) in [5, 5.41) is 0. The molecule has 3 nitrogen and oxygen atoms in total. The average Bonchev–Trinajstić information content (AvgIpc) is 2.71. The summed E-state index contributed by atoms with van der Waals surface area (Å²) in [6.07, 6.45) is 4.76. The highest BCUT2D eigenvalue weighted by molar-refractivity contribution is 5.30. The molecule has 3 heteroatoms. The zero-order chi connectivity index (χ0) is 9.80. The third kappa shape index (κ3) is 1.93. The van der Waals surface area contributed by atoms with Crippen LogP contribution in [0.1, 0.15) is 11.3 Å². The Balaban J connectivity index is 2.17. The first-order valence-electron chi connectivity index (χ1n) is 4.32. The van der Waals surface area contributed by atoms with E-state index in [1.165, 1.54) is 0 Å². The van der Waals surface area contributed by atoms with E-state index in [1.54, 1.807) is 13.4 Å². The smallest absolute Gasteiger partial charge is 0.283 e. The van der Waals surface area contributed by atoms with Crippen molar-refractivity contribution in [1.29, 1.82) is 0 Å². The number of nitrogens with zero attached hydrogens (tertiary/aromatic N) is 1. The van der Waals surface area contributed by atoms with Crippen molar-refractivity contribution in [3.05, 3.63) is 48.2 Å². The van der Waals surface area contributed by atoms with E-state index in [0.29, 0.717) is 0 Å². The largest absolute Gasteiger partial charge is 0.497 e. The first kappa shape index (κ1) is 8.81. The average molecular weight is 188 g/mol. The summed E-state index contributed by atoms with van der Waals surface area (Å²) >= 11 is 0. The van der Waals surface area contributed by atoms with E-state index in [1.807, 2.05) is 24.3 Å². The summed E-state index contributed by atoms with van der Waals surface area (Å²) in [4.78, 5) is 3.93. The topological polar surface area (TPSA) is 35.3 Å². The molecular formula is C11H10NO2. The van der Waals surface area contributed by atoms with Crippen LogP contribution in [0.3, 0.4) is 0 Å². The van der Waals surface area contributed by atoms with Gasteiger partial charge in [0.05, 0.1) is 12.8 Å². The van der Waals surface area contributed by atoms with Gasteiger partial charge in [-0.1, -0.05) is 12.1 Å². The Kier molecular flexibility index (Phi) is 2.49. The van der Waals surface area contributed by atoms with Crippen molar-refractivity contribution in [3.8, 4) is 5.75 Å². The van der Waals surface area contributed by atoms with Crippen LogP contribution in [0, 0.1) is 6.39 Å². The number of oxazole rings is 1. The van der Waals surface area contributed by atoms with Gasteiger partial charge in [-0.15, -0.1) is 0 Å². The maximum absolute atomic E-state index is 5.12. The van der Waals surface area contributed by atoms with Gasteiger partial charge in [-0.25, -0.2) is 4.98 Å². The van der Waals surface area contributed by atoms with Crippen molar-refractivity contribution in [2.45, 2.75) is 6.42 Å². The van der Waals surface area contributed by atoms with Gasteiger partial charge in [-0.05, 0) is 17.7 Å². The predicted octanol–water partition coefficient (Wildman–Crippen LogP) is 2.07. The lowest BCUT2D eigenvalue weighted by Crippen LogP contribution is -1.89. The van der Waals surface area contributed by atoms with Crippen LogP contribution >= 0.6 is 0 Å². The molecule has 0 fully saturated rings. The Hall–Kier alpha value is -1.77.